The number of aromatic amines is 2. The quantitative estimate of drug-likeness (QED) is 0.673. The average Bonchev–Trinajstić information content (AvgIpc) is 2.65. The van der Waals surface area contributed by atoms with E-state index in [1.165, 1.54) is 0 Å². The molecular weight excluding hydrogens is 214 g/mol. The Morgan fingerprint density at radius 2 is 2.13 bits per heavy atom. The van der Waals surface area contributed by atoms with Crippen LogP contribution >= 0.6 is 12.2 Å². The van der Waals surface area contributed by atoms with E-state index in [1.54, 1.807) is 0 Å². The summed E-state index contributed by atoms with van der Waals surface area (Å²) in [6, 6.07) is 0. The molecule has 15 heavy (non-hydrogen) atoms. The molecule has 0 amide bonds. The SMILES string of the molecule is O=C(O)[C@@H]1CCCC[C@H]1c1nc(=S)[nH][nH]1. The number of nitrogens with zero attached hydrogens (tertiary/aromatic N) is 1. The molecule has 0 spiro atoms. The van der Waals surface area contributed by atoms with E-state index in [2.05, 4.69) is 15.2 Å². The van der Waals surface area contributed by atoms with Crippen LogP contribution in [0.1, 0.15) is 37.4 Å². The van der Waals surface area contributed by atoms with Gasteiger partial charge in [-0.25, -0.2) is 4.98 Å². The normalized spacial score (nSPS) is 26.4. The number of rotatable bonds is 2. The summed E-state index contributed by atoms with van der Waals surface area (Å²) in [6.45, 7) is 0. The molecule has 1 saturated carbocycles. The molecule has 0 unspecified atom stereocenters. The standard InChI is InChI=1S/C9H13N3O2S/c13-8(14)6-4-2-1-3-5(6)7-10-9(15)12-11-7/h5-6H,1-4H2,(H,13,14)(H2,10,11,12,15)/t5-,6-/m1/s1. The van der Waals surface area contributed by atoms with E-state index in [0.29, 0.717) is 10.6 Å². The molecule has 1 aromatic heterocycles. The van der Waals surface area contributed by atoms with Gasteiger partial charge in [0.25, 0.3) is 0 Å². The summed E-state index contributed by atoms with van der Waals surface area (Å²) in [6.07, 6.45) is 3.64. The summed E-state index contributed by atoms with van der Waals surface area (Å²) in [4.78, 5) is 15.2. The van der Waals surface area contributed by atoms with Crippen LogP contribution in [0, 0.1) is 10.7 Å². The molecule has 2 rings (SSSR count). The third-order valence-corrected chi connectivity index (χ3v) is 3.15. The van der Waals surface area contributed by atoms with Crippen LogP contribution in [-0.4, -0.2) is 26.3 Å². The first-order valence-corrected chi connectivity index (χ1v) is 5.46. The molecule has 1 aliphatic rings. The van der Waals surface area contributed by atoms with Gasteiger partial charge in [0.15, 0.2) is 0 Å². The summed E-state index contributed by atoms with van der Waals surface area (Å²) in [5, 5.41) is 14.7. The van der Waals surface area contributed by atoms with E-state index in [9.17, 15) is 4.79 Å². The Morgan fingerprint density at radius 1 is 1.40 bits per heavy atom. The topological polar surface area (TPSA) is 81.8 Å². The van der Waals surface area contributed by atoms with Crippen molar-refractivity contribution in [1.82, 2.24) is 15.2 Å². The second kappa shape index (κ2) is 4.14. The van der Waals surface area contributed by atoms with Crippen molar-refractivity contribution in [2.45, 2.75) is 31.6 Å². The Labute approximate surface area is 91.9 Å². The third-order valence-electron chi connectivity index (χ3n) is 2.95. The Bertz CT molecular complexity index is 411. The van der Waals surface area contributed by atoms with Gasteiger partial charge < -0.3 is 5.11 Å². The smallest absolute Gasteiger partial charge is 0.307 e. The lowest BCUT2D eigenvalue weighted by Crippen LogP contribution is -2.26. The molecule has 0 saturated heterocycles. The van der Waals surface area contributed by atoms with E-state index in [0.717, 1.165) is 25.7 Å². The maximum atomic E-state index is 11.1. The van der Waals surface area contributed by atoms with Gasteiger partial charge in [0.1, 0.15) is 5.82 Å². The lowest BCUT2D eigenvalue weighted by atomic mass is 9.79. The minimum atomic E-state index is -0.734. The van der Waals surface area contributed by atoms with Crippen LogP contribution < -0.4 is 0 Å². The first-order chi connectivity index (χ1) is 7.18. The highest BCUT2D eigenvalue weighted by molar-refractivity contribution is 7.71. The number of hydrogen-bond acceptors (Lipinski definition) is 3. The van der Waals surface area contributed by atoms with Crippen molar-refractivity contribution in [3.05, 3.63) is 10.6 Å². The van der Waals surface area contributed by atoms with Crippen molar-refractivity contribution in [3.8, 4) is 0 Å². The number of aromatic nitrogens is 3. The average molecular weight is 227 g/mol. The molecule has 1 aliphatic carbocycles. The fourth-order valence-corrected chi connectivity index (χ4v) is 2.36. The zero-order valence-corrected chi connectivity index (χ0v) is 9.01. The van der Waals surface area contributed by atoms with Crippen molar-refractivity contribution in [2.75, 3.05) is 0 Å². The molecule has 3 N–H and O–H groups in total. The van der Waals surface area contributed by atoms with Crippen LogP contribution in [0.4, 0.5) is 0 Å². The van der Waals surface area contributed by atoms with Crippen LogP contribution in [0.25, 0.3) is 0 Å². The fraction of sp³-hybridized carbons (Fsp3) is 0.667. The van der Waals surface area contributed by atoms with Gasteiger partial charge in [-0.05, 0) is 25.1 Å². The van der Waals surface area contributed by atoms with Crippen LogP contribution in [0.3, 0.4) is 0 Å². The minimum Gasteiger partial charge on any atom is -0.481 e. The maximum Gasteiger partial charge on any atom is 0.307 e. The van der Waals surface area contributed by atoms with E-state index in [1.807, 2.05) is 0 Å². The molecule has 0 aliphatic heterocycles. The van der Waals surface area contributed by atoms with Gasteiger partial charge in [0, 0.05) is 5.92 Å². The number of H-pyrrole nitrogens is 2. The van der Waals surface area contributed by atoms with Crippen LogP contribution in [0.2, 0.25) is 0 Å². The highest BCUT2D eigenvalue weighted by atomic mass is 32.1. The molecule has 0 aromatic carbocycles. The van der Waals surface area contributed by atoms with Gasteiger partial charge in [0.05, 0.1) is 5.92 Å². The monoisotopic (exact) mass is 227 g/mol. The molecule has 1 aromatic rings. The van der Waals surface area contributed by atoms with E-state index in [4.69, 9.17) is 17.3 Å². The highest BCUT2D eigenvalue weighted by Gasteiger charge is 2.33. The predicted molar refractivity (Wildman–Crippen MR) is 56.1 cm³/mol. The Balaban J connectivity index is 2.25. The summed E-state index contributed by atoms with van der Waals surface area (Å²) in [5.41, 5.74) is 0. The number of carbonyl (C=O) groups is 1. The Hall–Kier alpha value is -1.17. The Morgan fingerprint density at radius 3 is 2.73 bits per heavy atom. The number of nitrogens with one attached hydrogen (secondary N) is 2. The van der Waals surface area contributed by atoms with Crippen molar-refractivity contribution in [2.24, 2.45) is 5.92 Å². The lowest BCUT2D eigenvalue weighted by Gasteiger charge is -2.26. The van der Waals surface area contributed by atoms with Gasteiger partial charge in [-0.15, -0.1) is 0 Å². The van der Waals surface area contributed by atoms with Crippen LogP contribution in [0.15, 0.2) is 0 Å². The molecule has 0 radical (unpaired) electrons. The van der Waals surface area contributed by atoms with Crippen LogP contribution in [0.5, 0.6) is 0 Å². The zero-order chi connectivity index (χ0) is 10.8. The fourth-order valence-electron chi connectivity index (χ4n) is 2.21. The zero-order valence-electron chi connectivity index (χ0n) is 8.19. The highest BCUT2D eigenvalue weighted by Crippen LogP contribution is 2.36. The predicted octanol–water partition coefficient (Wildman–Crippen LogP) is 1.83. The third kappa shape index (κ3) is 2.09. The van der Waals surface area contributed by atoms with Gasteiger partial charge in [-0.2, -0.15) is 0 Å². The van der Waals surface area contributed by atoms with Crippen molar-refractivity contribution in [3.63, 3.8) is 0 Å². The summed E-state index contributed by atoms with van der Waals surface area (Å²) >= 11 is 4.86. The minimum absolute atomic E-state index is 0.0239. The van der Waals surface area contributed by atoms with Gasteiger partial charge in [0.2, 0.25) is 4.77 Å². The van der Waals surface area contributed by atoms with E-state index < -0.39 is 5.97 Å². The number of hydrogen-bond donors (Lipinski definition) is 3. The molecule has 0 bridgehead atoms. The van der Waals surface area contributed by atoms with E-state index >= 15 is 0 Å². The molecule has 6 heteroatoms. The molecule has 82 valence electrons. The number of carboxylic acid groups (broad SMARTS) is 1. The molecule has 1 heterocycles. The second-order valence-corrected chi connectivity index (χ2v) is 4.27. The first kappa shape index (κ1) is 10.4. The maximum absolute atomic E-state index is 11.1. The summed E-state index contributed by atoms with van der Waals surface area (Å²) < 4.78 is 0.389. The van der Waals surface area contributed by atoms with Crippen molar-refractivity contribution < 1.29 is 9.90 Å². The van der Waals surface area contributed by atoms with Gasteiger partial charge in [-0.3, -0.25) is 15.0 Å². The lowest BCUT2D eigenvalue weighted by molar-refractivity contribution is -0.143. The number of aliphatic carboxylic acids is 1. The van der Waals surface area contributed by atoms with Crippen molar-refractivity contribution >= 4 is 18.2 Å². The molecule has 1 fully saturated rings. The van der Waals surface area contributed by atoms with Crippen molar-refractivity contribution in [1.29, 1.82) is 0 Å². The van der Waals surface area contributed by atoms with Crippen LogP contribution in [-0.2, 0) is 4.79 Å². The molecule has 2 atom stereocenters. The Kier molecular flexibility index (Phi) is 2.86. The summed E-state index contributed by atoms with van der Waals surface area (Å²) in [5.74, 6) is -0.397. The first-order valence-electron chi connectivity index (χ1n) is 5.06. The second-order valence-electron chi connectivity index (χ2n) is 3.89. The summed E-state index contributed by atoms with van der Waals surface area (Å²) in [7, 11) is 0. The molecule has 5 nitrogen and oxygen atoms in total. The van der Waals surface area contributed by atoms with E-state index in [-0.39, 0.29) is 11.8 Å². The largest absolute Gasteiger partial charge is 0.481 e. The van der Waals surface area contributed by atoms with Gasteiger partial charge >= 0.3 is 5.97 Å². The van der Waals surface area contributed by atoms with Gasteiger partial charge in [-0.1, -0.05) is 12.8 Å². The molecular formula is C9H13N3O2S. The number of carboxylic acids is 1.